The lowest BCUT2D eigenvalue weighted by Crippen LogP contribution is -2.39. The van der Waals surface area contributed by atoms with Crippen molar-refractivity contribution in [1.29, 1.82) is 0 Å². The average Bonchev–Trinajstić information content (AvgIpc) is 2.51. The van der Waals surface area contributed by atoms with Crippen LogP contribution in [0.5, 0.6) is 17.2 Å². The number of rotatable bonds is 9. The fourth-order valence-electron chi connectivity index (χ4n) is 1.63. The highest BCUT2D eigenvalue weighted by Gasteiger charge is 2.10. The Kier molecular flexibility index (Phi) is 7.81. The Balaban J connectivity index is 2.34. The maximum Gasteiger partial charge on any atom is 0.314 e. The topological polar surface area (TPSA) is 78.1 Å². The molecule has 2 amide bonds. The molecule has 0 atom stereocenters. The lowest BCUT2D eigenvalue weighted by atomic mass is 10.3. The number of carbonyl (C=O) groups excluding carboxylic acids is 1. The van der Waals surface area contributed by atoms with E-state index in [4.69, 9.17) is 18.9 Å². The van der Waals surface area contributed by atoms with Crippen LogP contribution >= 0.6 is 0 Å². The van der Waals surface area contributed by atoms with Crippen molar-refractivity contribution in [1.82, 2.24) is 10.6 Å². The number of hydrogen-bond acceptors (Lipinski definition) is 5. The van der Waals surface area contributed by atoms with Gasteiger partial charge in [0.1, 0.15) is 6.61 Å². The summed E-state index contributed by atoms with van der Waals surface area (Å²) in [6, 6.07) is 5.11. The molecule has 21 heavy (non-hydrogen) atoms. The summed E-state index contributed by atoms with van der Waals surface area (Å²) in [6.07, 6.45) is 0. The van der Waals surface area contributed by atoms with Gasteiger partial charge in [0.15, 0.2) is 11.5 Å². The van der Waals surface area contributed by atoms with Crippen LogP contribution in [0.1, 0.15) is 0 Å². The third-order valence-corrected chi connectivity index (χ3v) is 2.60. The van der Waals surface area contributed by atoms with Crippen molar-refractivity contribution in [3.8, 4) is 17.2 Å². The molecule has 0 unspecified atom stereocenters. The molecule has 0 aromatic heterocycles. The largest absolute Gasteiger partial charge is 0.493 e. The van der Waals surface area contributed by atoms with E-state index >= 15 is 0 Å². The van der Waals surface area contributed by atoms with Crippen molar-refractivity contribution < 1.29 is 23.7 Å². The average molecular weight is 298 g/mol. The van der Waals surface area contributed by atoms with E-state index in [1.165, 1.54) is 0 Å². The third-order valence-electron chi connectivity index (χ3n) is 2.60. The first-order chi connectivity index (χ1) is 10.2. The molecule has 0 spiro atoms. The van der Waals surface area contributed by atoms with Gasteiger partial charge < -0.3 is 29.6 Å². The number of hydrogen-bond donors (Lipinski definition) is 2. The molecular weight excluding hydrogens is 276 g/mol. The molecule has 1 aromatic carbocycles. The van der Waals surface area contributed by atoms with Crippen molar-refractivity contribution in [3.63, 3.8) is 0 Å². The standard InChI is InChI=1S/C14H22N2O5/c1-18-9-7-15-14(17)16-8-10-21-12-6-4-5-11(19-2)13(12)20-3/h4-6H,7-10H2,1-3H3,(H2,15,16,17). The Morgan fingerprint density at radius 2 is 1.67 bits per heavy atom. The highest BCUT2D eigenvalue weighted by Crippen LogP contribution is 2.36. The van der Waals surface area contributed by atoms with Crippen LogP contribution in [0.4, 0.5) is 4.79 Å². The minimum absolute atomic E-state index is 0.256. The number of nitrogens with one attached hydrogen (secondary N) is 2. The summed E-state index contributed by atoms with van der Waals surface area (Å²) in [5.74, 6) is 1.70. The van der Waals surface area contributed by atoms with Crippen LogP contribution in [-0.2, 0) is 4.74 Å². The van der Waals surface area contributed by atoms with E-state index in [1.54, 1.807) is 33.5 Å². The van der Waals surface area contributed by atoms with Crippen molar-refractivity contribution >= 4 is 6.03 Å². The van der Waals surface area contributed by atoms with E-state index in [0.29, 0.717) is 43.6 Å². The zero-order chi connectivity index (χ0) is 15.5. The van der Waals surface area contributed by atoms with E-state index in [-0.39, 0.29) is 6.03 Å². The fourth-order valence-corrected chi connectivity index (χ4v) is 1.63. The van der Waals surface area contributed by atoms with E-state index in [9.17, 15) is 4.79 Å². The molecule has 0 fully saturated rings. The second-order valence-corrected chi connectivity index (χ2v) is 4.02. The normalized spacial score (nSPS) is 9.86. The number of methoxy groups -OCH3 is 3. The van der Waals surface area contributed by atoms with Crippen LogP contribution in [-0.4, -0.2) is 53.7 Å². The highest BCUT2D eigenvalue weighted by atomic mass is 16.5. The summed E-state index contributed by atoms with van der Waals surface area (Å²) in [7, 11) is 4.69. The molecular formula is C14H22N2O5. The molecule has 2 N–H and O–H groups in total. The van der Waals surface area contributed by atoms with Gasteiger partial charge in [-0.2, -0.15) is 0 Å². The van der Waals surface area contributed by atoms with Gasteiger partial charge in [0.2, 0.25) is 5.75 Å². The zero-order valence-electron chi connectivity index (χ0n) is 12.6. The quantitative estimate of drug-likeness (QED) is 0.666. The molecule has 0 aliphatic heterocycles. The van der Waals surface area contributed by atoms with Gasteiger partial charge in [0.05, 0.1) is 27.4 Å². The molecule has 0 aliphatic carbocycles. The van der Waals surface area contributed by atoms with Crippen molar-refractivity contribution in [2.75, 3.05) is 47.6 Å². The summed E-state index contributed by atoms with van der Waals surface area (Å²) < 4.78 is 20.8. The lowest BCUT2D eigenvalue weighted by molar-refractivity contribution is 0.195. The first-order valence-corrected chi connectivity index (χ1v) is 6.57. The number of benzene rings is 1. The summed E-state index contributed by atoms with van der Waals surface area (Å²) in [4.78, 5) is 11.4. The fraction of sp³-hybridized carbons (Fsp3) is 0.500. The van der Waals surface area contributed by atoms with Gasteiger partial charge in [0, 0.05) is 13.7 Å². The Morgan fingerprint density at radius 3 is 2.29 bits per heavy atom. The van der Waals surface area contributed by atoms with E-state index in [1.807, 2.05) is 6.07 Å². The summed E-state index contributed by atoms with van der Waals surface area (Å²) in [5.41, 5.74) is 0. The Hall–Kier alpha value is -2.15. The molecule has 0 aliphatic rings. The van der Waals surface area contributed by atoms with Crippen LogP contribution in [0.15, 0.2) is 18.2 Å². The first kappa shape index (κ1) is 16.9. The number of urea groups is 1. The van der Waals surface area contributed by atoms with Gasteiger partial charge in [-0.25, -0.2) is 4.79 Å². The Bertz CT molecular complexity index is 439. The summed E-state index contributed by atoms with van der Waals surface area (Å²) >= 11 is 0. The Labute approximate surface area is 124 Å². The van der Waals surface area contributed by atoms with E-state index in [2.05, 4.69) is 10.6 Å². The smallest absolute Gasteiger partial charge is 0.314 e. The van der Waals surface area contributed by atoms with Gasteiger partial charge in [-0.15, -0.1) is 0 Å². The lowest BCUT2D eigenvalue weighted by Gasteiger charge is -2.13. The molecule has 118 valence electrons. The molecule has 0 saturated carbocycles. The molecule has 1 rings (SSSR count). The summed E-state index contributed by atoms with van der Waals surface area (Å²) in [6.45, 7) is 1.64. The van der Waals surface area contributed by atoms with Crippen LogP contribution in [0.3, 0.4) is 0 Å². The molecule has 0 bridgehead atoms. The maximum absolute atomic E-state index is 11.4. The minimum Gasteiger partial charge on any atom is -0.493 e. The SMILES string of the molecule is COCCNC(=O)NCCOc1cccc(OC)c1OC. The minimum atomic E-state index is -0.256. The second-order valence-electron chi connectivity index (χ2n) is 4.02. The van der Waals surface area contributed by atoms with Gasteiger partial charge in [-0.1, -0.05) is 6.07 Å². The number of amides is 2. The van der Waals surface area contributed by atoms with Crippen molar-refractivity contribution in [2.45, 2.75) is 0 Å². The monoisotopic (exact) mass is 298 g/mol. The molecule has 0 heterocycles. The summed E-state index contributed by atoms with van der Waals surface area (Å²) in [5, 5.41) is 5.32. The third kappa shape index (κ3) is 5.78. The van der Waals surface area contributed by atoms with Gasteiger partial charge in [0.25, 0.3) is 0 Å². The molecule has 0 saturated heterocycles. The number of para-hydroxylation sites is 1. The predicted octanol–water partition coefficient (Wildman–Crippen LogP) is 1.03. The van der Waals surface area contributed by atoms with Crippen molar-refractivity contribution in [2.24, 2.45) is 0 Å². The van der Waals surface area contributed by atoms with E-state index in [0.717, 1.165) is 0 Å². The number of carbonyl (C=O) groups is 1. The van der Waals surface area contributed by atoms with Crippen LogP contribution in [0, 0.1) is 0 Å². The molecule has 0 radical (unpaired) electrons. The molecule has 1 aromatic rings. The number of ether oxygens (including phenoxy) is 4. The van der Waals surface area contributed by atoms with Crippen molar-refractivity contribution in [3.05, 3.63) is 18.2 Å². The molecule has 7 heteroatoms. The van der Waals surface area contributed by atoms with Gasteiger partial charge in [-0.3, -0.25) is 0 Å². The Morgan fingerprint density at radius 1 is 1.00 bits per heavy atom. The van der Waals surface area contributed by atoms with Gasteiger partial charge in [-0.05, 0) is 12.1 Å². The van der Waals surface area contributed by atoms with Crippen LogP contribution < -0.4 is 24.8 Å². The zero-order valence-corrected chi connectivity index (χ0v) is 12.6. The van der Waals surface area contributed by atoms with Crippen LogP contribution in [0.25, 0.3) is 0 Å². The van der Waals surface area contributed by atoms with Gasteiger partial charge >= 0.3 is 6.03 Å². The highest BCUT2D eigenvalue weighted by molar-refractivity contribution is 5.73. The maximum atomic E-state index is 11.4. The predicted molar refractivity (Wildman–Crippen MR) is 78.3 cm³/mol. The molecule has 7 nitrogen and oxygen atoms in total. The van der Waals surface area contributed by atoms with Crippen LogP contribution in [0.2, 0.25) is 0 Å². The van der Waals surface area contributed by atoms with E-state index < -0.39 is 0 Å². The first-order valence-electron chi connectivity index (χ1n) is 6.57. The second kappa shape index (κ2) is 9.71.